The Kier molecular flexibility index (Phi) is 5.14. The lowest BCUT2D eigenvalue weighted by atomic mass is 10.2. The molecule has 114 valence electrons. The number of hydrogen-bond acceptors (Lipinski definition) is 3. The molecule has 0 aromatic heterocycles. The standard InChI is InChI=1S/C17H18N2O3/c1-12(22-15-9-4-3-5-10-15)16(20)19-14-8-6-7-13(11-14)17(21)18-2/h3-12H,1-2H3,(H,18,21)(H,19,20). The van der Waals surface area contributed by atoms with Crippen molar-refractivity contribution in [3.8, 4) is 5.75 Å². The largest absolute Gasteiger partial charge is 0.481 e. The number of anilines is 1. The summed E-state index contributed by atoms with van der Waals surface area (Å²) in [4.78, 5) is 23.7. The predicted octanol–water partition coefficient (Wildman–Crippen LogP) is 2.45. The van der Waals surface area contributed by atoms with E-state index in [4.69, 9.17) is 4.74 Å². The van der Waals surface area contributed by atoms with Crippen LogP contribution in [0.25, 0.3) is 0 Å². The van der Waals surface area contributed by atoms with E-state index in [1.54, 1.807) is 50.4 Å². The van der Waals surface area contributed by atoms with Crippen LogP contribution in [0.4, 0.5) is 5.69 Å². The number of rotatable bonds is 5. The summed E-state index contributed by atoms with van der Waals surface area (Å²) in [5.41, 5.74) is 1.03. The fraction of sp³-hybridized carbons (Fsp3) is 0.176. The molecule has 5 heteroatoms. The molecule has 2 aromatic rings. The summed E-state index contributed by atoms with van der Waals surface area (Å²) < 4.78 is 5.56. The molecular weight excluding hydrogens is 280 g/mol. The molecule has 5 nitrogen and oxygen atoms in total. The number of amides is 2. The third-order valence-corrected chi connectivity index (χ3v) is 3.04. The minimum Gasteiger partial charge on any atom is -0.481 e. The van der Waals surface area contributed by atoms with Gasteiger partial charge in [-0.2, -0.15) is 0 Å². The first-order chi connectivity index (χ1) is 10.6. The van der Waals surface area contributed by atoms with E-state index in [1.807, 2.05) is 18.2 Å². The van der Waals surface area contributed by atoms with E-state index in [9.17, 15) is 9.59 Å². The molecule has 0 fully saturated rings. The summed E-state index contributed by atoms with van der Waals surface area (Å²) >= 11 is 0. The smallest absolute Gasteiger partial charge is 0.265 e. The maximum atomic E-state index is 12.1. The average molecular weight is 298 g/mol. The molecule has 0 heterocycles. The van der Waals surface area contributed by atoms with Crippen molar-refractivity contribution in [3.05, 3.63) is 60.2 Å². The van der Waals surface area contributed by atoms with Gasteiger partial charge in [0.15, 0.2) is 6.10 Å². The number of carbonyl (C=O) groups is 2. The fourth-order valence-electron chi connectivity index (χ4n) is 1.88. The number of para-hydroxylation sites is 1. The lowest BCUT2D eigenvalue weighted by Crippen LogP contribution is -2.30. The Morgan fingerprint density at radius 1 is 1.05 bits per heavy atom. The van der Waals surface area contributed by atoms with Gasteiger partial charge in [-0.3, -0.25) is 9.59 Å². The summed E-state index contributed by atoms with van der Waals surface area (Å²) in [7, 11) is 1.56. The first-order valence-corrected chi connectivity index (χ1v) is 6.95. The molecule has 1 atom stereocenters. The molecule has 2 aromatic carbocycles. The number of hydrogen-bond donors (Lipinski definition) is 2. The second-order valence-electron chi connectivity index (χ2n) is 4.72. The first kappa shape index (κ1) is 15.6. The minimum absolute atomic E-state index is 0.204. The van der Waals surface area contributed by atoms with Crippen LogP contribution in [0.3, 0.4) is 0 Å². The summed E-state index contributed by atoms with van der Waals surface area (Å²) in [6, 6.07) is 15.9. The molecular formula is C17H18N2O3. The van der Waals surface area contributed by atoms with Gasteiger partial charge < -0.3 is 15.4 Å². The molecule has 0 saturated carbocycles. The van der Waals surface area contributed by atoms with Gasteiger partial charge in [-0.05, 0) is 37.3 Å². The highest BCUT2D eigenvalue weighted by molar-refractivity contribution is 5.98. The van der Waals surface area contributed by atoms with E-state index in [-0.39, 0.29) is 11.8 Å². The van der Waals surface area contributed by atoms with Crippen LogP contribution in [0.1, 0.15) is 17.3 Å². The van der Waals surface area contributed by atoms with Crippen molar-refractivity contribution in [3.63, 3.8) is 0 Å². The summed E-state index contributed by atoms with van der Waals surface area (Å²) in [5, 5.41) is 5.28. The Morgan fingerprint density at radius 2 is 1.77 bits per heavy atom. The molecule has 2 N–H and O–H groups in total. The molecule has 0 aliphatic rings. The fourth-order valence-corrected chi connectivity index (χ4v) is 1.88. The van der Waals surface area contributed by atoms with E-state index in [2.05, 4.69) is 10.6 Å². The van der Waals surface area contributed by atoms with Gasteiger partial charge in [0.2, 0.25) is 0 Å². The zero-order chi connectivity index (χ0) is 15.9. The van der Waals surface area contributed by atoms with Crippen LogP contribution in [0.2, 0.25) is 0 Å². The van der Waals surface area contributed by atoms with Crippen molar-refractivity contribution in [2.24, 2.45) is 0 Å². The van der Waals surface area contributed by atoms with E-state index < -0.39 is 6.10 Å². The zero-order valence-electron chi connectivity index (χ0n) is 12.5. The van der Waals surface area contributed by atoms with Gasteiger partial charge in [-0.1, -0.05) is 24.3 Å². The molecule has 2 rings (SSSR count). The molecule has 1 unspecified atom stereocenters. The molecule has 22 heavy (non-hydrogen) atoms. The molecule has 0 radical (unpaired) electrons. The van der Waals surface area contributed by atoms with Crippen LogP contribution >= 0.6 is 0 Å². The zero-order valence-corrected chi connectivity index (χ0v) is 12.5. The third kappa shape index (κ3) is 4.09. The molecule has 0 bridgehead atoms. The quantitative estimate of drug-likeness (QED) is 0.891. The topological polar surface area (TPSA) is 67.4 Å². The van der Waals surface area contributed by atoms with E-state index in [0.717, 1.165) is 0 Å². The monoisotopic (exact) mass is 298 g/mol. The summed E-state index contributed by atoms with van der Waals surface area (Å²) in [6.45, 7) is 1.67. The van der Waals surface area contributed by atoms with Crippen LogP contribution in [0, 0.1) is 0 Å². The molecule has 0 spiro atoms. The van der Waals surface area contributed by atoms with Gasteiger partial charge in [0.1, 0.15) is 5.75 Å². The van der Waals surface area contributed by atoms with Gasteiger partial charge in [-0.15, -0.1) is 0 Å². The number of benzene rings is 2. The van der Waals surface area contributed by atoms with E-state index in [0.29, 0.717) is 17.0 Å². The number of carbonyl (C=O) groups excluding carboxylic acids is 2. The second kappa shape index (κ2) is 7.26. The van der Waals surface area contributed by atoms with Crippen LogP contribution in [0.15, 0.2) is 54.6 Å². The highest BCUT2D eigenvalue weighted by Crippen LogP contribution is 2.14. The third-order valence-electron chi connectivity index (χ3n) is 3.04. The van der Waals surface area contributed by atoms with Crippen LogP contribution < -0.4 is 15.4 Å². The molecule has 0 aliphatic heterocycles. The molecule has 0 aliphatic carbocycles. The first-order valence-electron chi connectivity index (χ1n) is 6.95. The Morgan fingerprint density at radius 3 is 2.45 bits per heavy atom. The summed E-state index contributed by atoms with van der Waals surface area (Å²) in [5.74, 6) is 0.145. The van der Waals surface area contributed by atoms with Crippen LogP contribution in [0.5, 0.6) is 5.75 Å². The maximum Gasteiger partial charge on any atom is 0.265 e. The van der Waals surface area contributed by atoms with Crippen molar-refractivity contribution in [2.45, 2.75) is 13.0 Å². The second-order valence-corrected chi connectivity index (χ2v) is 4.72. The van der Waals surface area contributed by atoms with Crippen molar-refractivity contribution in [1.82, 2.24) is 5.32 Å². The Hall–Kier alpha value is -2.82. The predicted molar refractivity (Wildman–Crippen MR) is 85.0 cm³/mol. The molecule has 0 saturated heterocycles. The van der Waals surface area contributed by atoms with Gasteiger partial charge in [0.25, 0.3) is 11.8 Å². The van der Waals surface area contributed by atoms with Crippen molar-refractivity contribution >= 4 is 17.5 Å². The summed E-state index contributed by atoms with van der Waals surface area (Å²) in [6.07, 6.45) is -0.647. The van der Waals surface area contributed by atoms with Crippen molar-refractivity contribution in [2.75, 3.05) is 12.4 Å². The Labute approximate surface area is 129 Å². The average Bonchev–Trinajstić information content (AvgIpc) is 2.55. The van der Waals surface area contributed by atoms with Gasteiger partial charge >= 0.3 is 0 Å². The minimum atomic E-state index is -0.647. The SMILES string of the molecule is CNC(=O)c1cccc(NC(=O)C(C)Oc2ccccc2)c1. The van der Waals surface area contributed by atoms with Gasteiger partial charge in [0, 0.05) is 18.3 Å². The normalized spacial score (nSPS) is 11.4. The highest BCUT2D eigenvalue weighted by Gasteiger charge is 2.15. The van der Waals surface area contributed by atoms with Gasteiger partial charge in [0.05, 0.1) is 0 Å². The Balaban J connectivity index is 2.01. The highest BCUT2D eigenvalue weighted by atomic mass is 16.5. The number of nitrogens with one attached hydrogen (secondary N) is 2. The van der Waals surface area contributed by atoms with E-state index in [1.165, 1.54) is 0 Å². The van der Waals surface area contributed by atoms with Crippen LogP contribution in [-0.4, -0.2) is 25.0 Å². The van der Waals surface area contributed by atoms with Crippen molar-refractivity contribution < 1.29 is 14.3 Å². The maximum absolute atomic E-state index is 12.1. The van der Waals surface area contributed by atoms with Gasteiger partial charge in [-0.25, -0.2) is 0 Å². The lowest BCUT2D eigenvalue weighted by Gasteiger charge is -2.15. The van der Waals surface area contributed by atoms with E-state index >= 15 is 0 Å². The Bertz CT molecular complexity index is 656. The van der Waals surface area contributed by atoms with Crippen LogP contribution in [-0.2, 0) is 4.79 Å². The number of ether oxygens (including phenoxy) is 1. The van der Waals surface area contributed by atoms with Crippen molar-refractivity contribution in [1.29, 1.82) is 0 Å². The lowest BCUT2D eigenvalue weighted by molar-refractivity contribution is -0.122. The molecule has 2 amide bonds.